The minimum absolute atomic E-state index is 0.272. The van der Waals surface area contributed by atoms with Crippen molar-refractivity contribution in [3.05, 3.63) is 29.8 Å². The Bertz CT molecular complexity index is 641. The van der Waals surface area contributed by atoms with Crippen LogP contribution in [0.4, 0.5) is 0 Å². The fourth-order valence-electron chi connectivity index (χ4n) is 3.37. The van der Waals surface area contributed by atoms with Crippen LogP contribution in [0.2, 0.25) is 0 Å². The summed E-state index contributed by atoms with van der Waals surface area (Å²) in [6.45, 7) is 5.13. The van der Waals surface area contributed by atoms with E-state index in [0.717, 1.165) is 10.5 Å². The number of ether oxygens (including phenoxy) is 5. The van der Waals surface area contributed by atoms with Crippen LogP contribution in [-0.2, 0) is 23.7 Å². The fourth-order valence-corrected chi connectivity index (χ4v) is 4.42. The molecule has 2 fully saturated rings. The number of aliphatic hydroxyl groups excluding tert-OH is 2. The zero-order valence-corrected chi connectivity index (χ0v) is 17.1. The van der Waals surface area contributed by atoms with E-state index in [2.05, 4.69) is 0 Å². The van der Waals surface area contributed by atoms with Crippen molar-refractivity contribution in [1.29, 1.82) is 0 Å². The second-order valence-electron chi connectivity index (χ2n) is 7.11. The molecule has 2 heterocycles. The lowest BCUT2D eigenvalue weighted by molar-refractivity contribution is -0.470. The largest absolute Gasteiger partial charge is 0.394 e. The first-order valence-electron chi connectivity index (χ1n) is 8.90. The molecule has 2 saturated heterocycles. The third kappa shape index (κ3) is 3.77. The quantitative estimate of drug-likeness (QED) is 0.772. The van der Waals surface area contributed by atoms with Gasteiger partial charge in [-0.1, -0.05) is 29.5 Å². The summed E-state index contributed by atoms with van der Waals surface area (Å²) in [4.78, 5) is 0.952. The molecule has 1 aromatic carbocycles. The second kappa shape index (κ2) is 7.96. The van der Waals surface area contributed by atoms with Gasteiger partial charge < -0.3 is 33.9 Å². The van der Waals surface area contributed by atoms with Crippen LogP contribution in [-0.4, -0.2) is 72.5 Å². The zero-order valence-electron chi connectivity index (χ0n) is 16.2. The lowest BCUT2D eigenvalue weighted by Crippen LogP contribution is -2.72. The van der Waals surface area contributed by atoms with Crippen molar-refractivity contribution in [2.24, 2.45) is 0 Å². The number of hydrogen-bond acceptors (Lipinski definition) is 8. The molecule has 27 heavy (non-hydrogen) atoms. The predicted octanol–water partition coefficient (Wildman–Crippen LogP) is 1.67. The van der Waals surface area contributed by atoms with E-state index in [1.54, 1.807) is 13.8 Å². The van der Waals surface area contributed by atoms with E-state index in [4.69, 9.17) is 23.7 Å². The minimum Gasteiger partial charge on any atom is -0.394 e. The van der Waals surface area contributed by atoms with E-state index >= 15 is 0 Å². The number of rotatable bonds is 5. The first-order valence-corrected chi connectivity index (χ1v) is 9.78. The zero-order chi connectivity index (χ0) is 19.8. The van der Waals surface area contributed by atoms with Gasteiger partial charge in [0.1, 0.15) is 29.9 Å². The van der Waals surface area contributed by atoms with Crippen molar-refractivity contribution in [3.63, 3.8) is 0 Å². The summed E-state index contributed by atoms with van der Waals surface area (Å²) in [5.74, 6) is -2.46. The van der Waals surface area contributed by atoms with Gasteiger partial charge in [0.15, 0.2) is 0 Å². The van der Waals surface area contributed by atoms with Crippen molar-refractivity contribution in [3.8, 4) is 0 Å². The van der Waals surface area contributed by atoms with Crippen LogP contribution in [0.3, 0.4) is 0 Å². The molecular formula is C19H28O7S. The maximum absolute atomic E-state index is 10.9. The minimum atomic E-state index is -1.24. The summed E-state index contributed by atoms with van der Waals surface area (Å²) in [5.41, 5.74) is 0.527. The van der Waals surface area contributed by atoms with Gasteiger partial charge in [-0.2, -0.15) is 0 Å². The summed E-state index contributed by atoms with van der Waals surface area (Å²) in [6, 6.07) is 7.93. The Labute approximate surface area is 163 Å². The summed E-state index contributed by atoms with van der Waals surface area (Å²) >= 11 is 1.38. The number of methoxy groups -OCH3 is 2. The SMILES string of the molecule is CO[C@@]1(C)O[C@@H]2[C@H](O)[C@@H](Sc3ccc(C)cc3)O[C@H](CO)[C@H]2O[C@]1(C)OC. The molecule has 0 spiro atoms. The Hall–Kier alpha value is -0.710. The van der Waals surface area contributed by atoms with Gasteiger partial charge in [-0.3, -0.25) is 0 Å². The highest BCUT2D eigenvalue weighted by atomic mass is 32.2. The molecule has 0 aromatic heterocycles. The number of fused-ring (bicyclic) bond motifs is 1. The molecule has 3 rings (SSSR count). The maximum atomic E-state index is 10.9. The van der Waals surface area contributed by atoms with Crippen molar-refractivity contribution >= 4 is 11.8 Å². The molecule has 0 unspecified atom stereocenters. The van der Waals surface area contributed by atoms with Gasteiger partial charge in [0.25, 0.3) is 0 Å². The normalized spacial score (nSPS) is 42.0. The van der Waals surface area contributed by atoms with Crippen LogP contribution < -0.4 is 0 Å². The Morgan fingerprint density at radius 3 is 2.11 bits per heavy atom. The summed E-state index contributed by atoms with van der Waals surface area (Å²) < 4.78 is 29.2. The monoisotopic (exact) mass is 400 g/mol. The molecule has 8 heteroatoms. The molecule has 0 bridgehead atoms. The molecule has 7 nitrogen and oxygen atoms in total. The van der Waals surface area contributed by atoms with Crippen LogP contribution in [0.1, 0.15) is 19.4 Å². The summed E-state index contributed by atoms with van der Waals surface area (Å²) in [7, 11) is 2.99. The van der Waals surface area contributed by atoms with Crippen molar-refractivity contribution < 1.29 is 33.9 Å². The van der Waals surface area contributed by atoms with Gasteiger partial charge in [-0.15, -0.1) is 0 Å². The van der Waals surface area contributed by atoms with Crippen LogP contribution in [0, 0.1) is 6.92 Å². The van der Waals surface area contributed by atoms with Crippen LogP contribution in [0.5, 0.6) is 0 Å². The van der Waals surface area contributed by atoms with Gasteiger partial charge in [0.2, 0.25) is 11.6 Å². The van der Waals surface area contributed by atoms with Crippen molar-refractivity contribution in [2.45, 2.75) is 67.1 Å². The number of benzene rings is 1. The fraction of sp³-hybridized carbons (Fsp3) is 0.684. The summed E-state index contributed by atoms with van der Waals surface area (Å²) in [5, 5.41) is 20.8. The van der Waals surface area contributed by atoms with E-state index < -0.39 is 41.4 Å². The number of aliphatic hydroxyl groups is 2. The molecule has 0 radical (unpaired) electrons. The standard InChI is InChI=1S/C19H28O7S/c1-11-6-8-12(9-7-11)27-17-14(21)16-15(13(10-20)24-17)25-18(2,22-4)19(3,23-5)26-16/h6-9,13-17,20-21H,10H2,1-5H3/t13-,14+,15-,16-,17-,18+,19+/m1/s1. The molecular weight excluding hydrogens is 372 g/mol. The smallest absolute Gasteiger partial charge is 0.220 e. The van der Waals surface area contributed by atoms with E-state index in [-0.39, 0.29) is 6.61 Å². The Balaban J connectivity index is 1.85. The van der Waals surface area contributed by atoms with E-state index in [0.29, 0.717) is 0 Å². The van der Waals surface area contributed by atoms with Gasteiger partial charge >= 0.3 is 0 Å². The lowest BCUT2D eigenvalue weighted by atomic mass is 9.95. The molecule has 0 aliphatic carbocycles. The molecule has 1 aromatic rings. The molecule has 0 amide bonds. The van der Waals surface area contributed by atoms with Crippen molar-refractivity contribution in [1.82, 2.24) is 0 Å². The highest BCUT2D eigenvalue weighted by Crippen LogP contribution is 2.45. The Kier molecular flexibility index (Phi) is 6.20. The van der Waals surface area contributed by atoms with Gasteiger partial charge in [0, 0.05) is 19.1 Å². The van der Waals surface area contributed by atoms with Gasteiger partial charge in [0.05, 0.1) is 6.61 Å². The first kappa shape index (κ1) is 21.0. The van der Waals surface area contributed by atoms with Crippen LogP contribution in [0.15, 0.2) is 29.2 Å². The average Bonchev–Trinajstić information content (AvgIpc) is 2.67. The number of hydrogen-bond donors (Lipinski definition) is 2. The van der Waals surface area contributed by atoms with E-state index in [1.165, 1.54) is 26.0 Å². The van der Waals surface area contributed by atoms with Gasteiger partial charge in [-0.05, 0) is 32.9 Å². The Morgan fingerprint density at radius 1 is 1.04 bits per heavy atom. The molecule has 2 aliphatic heterocycles. The van der Waals surface area contributed by atoms with Crippen molar-refractivity contribution in [2.75, 3.05) is 20.8 Å². The molecule has 152 valence electrons. The molecule has 2 aliphatic rings. The summed E-state index contributed by atoms with van der Waals surface area (Å²) in [6.07, 6.45) is -3.10. The topological polar surface area (TPSA) is 86.6 Å². The predicted molar refractivity (Wildman–Crippen MR) is 99.4 cm³/mol. The second-order valence-corrected chi connectivity index (χ2v) is 8.28. The Morgan fingerprint density at radius 2 is 1.59 bits per heavy atom. The van der Waals surface area contributed by atoms with E-state index in [1.807, 2.05) is 31.2 Å². The molecule has 0 saturated carbocycles. The van der Waals surface area contributed by atoms with Crippen LogP contribution >= 0.6 is 11.8 Å². The maximum Gasteiger partial charge on any atom is 0.220 e. The lowest BCUT2D eigenvalue weighted by Gasteiger charge is -2.56. The first-order chi connectivity index (χ1) is 12.8. The number of thioether (sulfide) groups is 1. The van der Waals surface area contributed by atoms with Gasteiger partial charge in [-0.25, -0.2) is 0 Å². The van der Waals surface area contributed by atoms with Crippen LogP contribution in [0.25, 0.3) is 0 Å². The third-order valence-corrected chi connectivity index (χ3v) is 6.56. The highest BCUT2D eigenvalue weighted by molar-refractivity contribution is 7.99. The third-order valence-electron chi connectivity index (χ3n) is 5.39. The highest BCUT2D eigenvalue weighted by Gasteiger charge is 2.62. The average molecular weight is 400 g/mol. The number of aryl methyl sites for hydroxylation is 1. The van der Waals surface area contributed by atoms with E-state index in [9.17, 15) is 10.2 Å². The molecule has 7 atom stereocenters. The molecule has 2 N–H and O–H groups in total.